The molecule has 2 heterocycles. The van der Waals surface area contributed by atoms with Gasteiger partial charge in [0.15, 0.2) is 0 Å². The van der Waals surface area contributed by atoms with E-state index in [1.54, 1.807) is 14.0 Å². The molecule has 1 amide bonds. The summed E-state index contributed by atoms with van der Waals surface area (Å²) in [5, 5.41) is 6.17. The summed E-state index contributed by atoms with van der Waals surface area (Å²) in [6, 6.07) is 4.01. The van der Waals surface area contributed by atoms with Gasteiger partial charge < -0.3 is 15.2 Å². The second kappa shape index (κ2) is 8.41. The van der Waals surface area contributed by atoms with Gasteiger partial charge in [0.05, 0.1) is 24.1 Å². The van der Waals surface area contributed by atoms with Crippen LogP contribution in [0.1, 0.15) is 19.5 Å². The van der Waals surface area contributed by atoms with Crippen molar-refractivity contribution in [3.8, 4) is 5.75 Å². The Labute approximate surface area is 188 Å². The molecule has 33 heavy (non-hydrogen) atoms. The fourth-order valence-corrected chi connectivity index (χ4v) is 4.71. The van der Waals surface area contributed by atoms with E-state index in [0.717, 1.165) is 4.31 Å². The molecule has 1 aliphatic rings. The summed E-state index contributed by atoms with van der Waals surface area (Å²) in [7, 11) is -2.50. The summed E-state index contributed by atoms with van der Waals surface area (Å²) in [5.41, 5.74) is 3.46. The molecule has 182 valence electrons. The molecule has 1 aromatic carbocycles. The number of anilines is 2. The van der Waals surface area contributed by atoms with E-state index in [9.17, 15) is 26.4 Å². The van der Waals surface area contributed by atoms with Crippen molar-refractivity contribution in [3.63, 3.8) is 0 Å². The van der Waals surface area contributed by atoms with Gasteiger partial charge in [-0.05, 0) is 39.0 Å². The number of amides is 1. The number of nitrogens with one attached hydrogen (secondary N) is 1. The molecule has 10 nitrogen and oxygen atoms in total. The highest BCUT2D eigenvalue weighted by molar-refractivity contribution is 7.92. The Morgan fingerprint density at radius 3 is 2.58 bits per heavy atom. The van der Waals surface area contributed by atoms with E-state index in [1.165, 1.54) is 29.1 Å². The average molecular weight is 491 g/mol. The van der Waals surface area contributed by atoms with Crippen molar-refractivity contribution in [1.29, 1.82) is 0 Å². The Bertz CT molecular complexity index is 1160. The second-order valence-corrected chi connectivity index (χ2v) is 9.77. The predicted octanol–water partition coefficient (Wildman–Crippen LogP) is 2.53. The molecule has 0 saturated carbocycles. The van der Waals surface area contributed by atoms with Crippen LogP contribution < -0.4 is 20.1 Å². The van der Waals surface area contributed by atoms with Crippen molar-refractivity contribution >= 4 is 27.5 Å². The Kier molecular flexibility index (Phi) is 6.28. The number of rotatable bonds is 5. The van der Waals surface area contributed by atoms with Crippen LogP contribution in [0.15, 0.2) is 29.3 Å². The first kappa shape index (κ1) is 24.6. The SMILES string of the molecule is Cc1c(S(=O)(=O)N2C[C@H](CN)Oc3ccc(NC(=O)OC(C)(C)C(F)(F)F)cc32)cnn1C. The normalized spacial score (nSPS) is 16.7. The fourth-order valence-electron chi connectivity index (χ4n) is 3.02. The van der Waals surface area contributed by atoms with Gasteiger partial charge in [-0.1, -0.05) is 0 Å². The minimum absolute atomic E-state index is 0.00892. The Balaban J connectivity index is 1.95. The number of carbonyl (C=O) groups is 1. The van der Waals surface area contributed by atoms with Crippen LogP contribution in [-0.4, -0.2) is 55.3 Å². The van der Waals surface area contributed by atoms with Gasteiger partial charge in [-0.25, -0.2) is 13.2 Å². The molecule has 3 N–H and O–H groups in total. The summed E-state index contributed by atoms with van der Waals surface area (Å²) >= 11 is 0. The smallest absolute Gasteiger partial charge is 0.427 e. The van der Waals surface area contributed by atoms with Crippen LogP contribution in [-0.2, 0) is 21.8 Å². The lowest BCUT2D eigenvalue weighted by atomic mass is 10.1. The summed E-state index contributed by atoms with van der Waals surface area (Å²) < 4.78 is 78.5. The third-order valence-electron chi connectivity index (χ3n) is 5.19. The van der Waals surface area contributed by atoms with Crippen molar-refractivity contribution in [2.75, 3.05) is 22.7 Å². The van der Waals surface area contributed by atoms with Crippen LogP contribution in [0.4, 0.5) is 29.3 Å². The van der Waals surface area contributed by atoms with Gasteiger partial charge in [0.1, 0.15) is 16.7 Å². The molecular formula is C19H24F3N5O5S. The molecule has 1 aliphatic heterocycles. The van der Waals surface area contributed by atoms with Crippen molar-refractivity contribution in [2.24, 2.45) is 12.8 Å². The molecule has 0 radical (unpaired) electrons. The standard InChI is InChI=1S/C19H24F3N5O5S/c1-11-16(9-24-26(11)4)33(29,30)27-10-13(8-23)31-15-6-5-12(7-14(15)27)25-17(28)32-18(2,3)19(20,21)22/h5-7,9,13H,8,10,23H2,1-4H3,(H,25,28)/t13-/m0/s1. The first-order valence-corrected chi connectivity index (χ1v) is 11.2. The van der Waals surface area contributed by atoms with E-state index in [-0.39, 0.29) is 35.1 Å². The monoisotopic (exact) mass is 491 g/mol. The molecule has 0 bridgehead atoms. The number of aryl methyl sites for hydroxylation is 1. The average Bonchev–Trinajstić information content (AvgIpc) is 3.05. The molecule has 3 rings (SSSR count). The van der Waals surface area contributed by atoms with Crippen LogP contribution in [0.2, 0.25) is 0 Å². The molecule has 0 aliphatic carbocycles. The van der Waals surface area contributed by atoms with Crippen LogP contribution in [0, 0.1) is 6.92 Å². The fraction of sp³-hybridized carbons (Fsp3) is 0.474. The Morgan fingerprint density at radius 1 is 1.36 bits per heavy atom. The molecule has 0 unspecified atom stereocenters. The van der Waals surface area contributed by atoms with Gasteiger partial charge in [0, 0.05) is 19.3 Å². The topological polar surface area (TPSA) is 129 Å². The number of fused-ring (bicyclic) bond motifs is 1. The van der Waals surface area contributed by atoms with Crippen LogP contribution in [0.25, 0.3) is 0 Å². The first-order chi connectivity index (χ1) is 15.2. The van der Waals surface area contributed by atoms with Crippen LogP contribution in [0.5, 0.6) is 5.75 Å². The minimum atomic E-state index is -4.78. The summed E-state index contributed by atoms with van der Waals surface area (Å²) in [6.07, 6.45) is -5.56. The molecule has 1 aromatic heterocycles. The summed E-state index contributed by atoms with van der Waals surface area (Å²) in [5.74, 6) is 0.177. The molecule has 1 atom stereocenters. The molecule has 14 heteroatoms. The molecule has 0 saturated heterocycles. The highest BCUT2D eigenvalue weighted by Crippen LogP contribution is 2.39. The van der Waals surface area contributed by atoms with Crippen LogP contribution in [0.3, 0.4) is 0 Å². The molecular weight excluding hydrogens is 467 g/mol. The number of ether oxygens (including phenoxy) is 2. The summed E-state index contributed by atoms with van der Waals surface area (Å²) in [6.45, 7) is 2.94. The highest BCUT2D eigenvalue weighted by Gasteiger charge is 2.51. The van der Waals surface area contributed by atoms with Gasteiger partial charge >= 0.3 is 12.3 Å². The maximum Gasteiger partial charge on any atom is 0.427 e. The summed E-state index contributed by atoms with van der Waals surface area (Å²) in [4.78, 5) is 12.0. The van der Waals surface area contributed by atoms with Crippen molar-refractivity contribution < 1.29 is 35.9 Å². The number of halogens is 3. The van der Waals surface area contributed by atoms with Crippen molar-refractivity contribution in [1.82, 2.24) is 9.78 Å². The number of nitrogens with zero attached hydrogens (tertiary/aromatic N) is 3. The Hall–Kier alpha value is -3.00. The first-order valence-electron chi connectivity index (χ1n) is 9.76. The molecule has 0 fully saturated rings. The lowest BCUT2D eigenvalue weighted by molar-refractivity contribution is -0.242. The predicted molar refractivity (Wildman–Crippen MR) is 113 cm³/mol. The number of aromatic nitrogens is 2. The zero-order valence-electron chi connectivity index (χ0n) is 18.3. The van der Waals surface area contributed by atoms with E-state index in [0.29, 0.717) is 19.5 Å². The van der Waals surface area contributed by atoms with E-state index in [2.05, 4.69) is 15.2 Å². The zero-order chi connectivity index (χ0) is 24.8. The number of alkyl halides is 3. The third-order valence-corrected chi connectivity index (χ3v) is 7.07. The minimum Gasteiger partial charge on any atom is -0.485 e. The van der Waals surface area contributed by atoms with Gasteiger partial charge in [-0.2, -0.15) is 18.3 Å². The number of hydrogen-bond donors (Lipinski definition) is 2. The highest BCUT2D eigenvalue weighted by atomic mass is 32.2. The quantitative estimate of drug-likeness (QED) is 0.658. The number of carbonyl (C=O) groups excluding carboxylic acids is 1. The third kappa shape index (κ3) is 4.71. The zero-order valence-corrected chi connectivity index (χ0v) is 19.1. The lowest BCUT2D eigenvalue weighted by Crippen LogP contribution is -2.46. The van der Waals surface area contributed by atoms with Crippen molar-refractivity contribution in [3.05, 3.63) is 30.1 Å². The van der Waals surface area contributed by atoms with E-state index >= 15 is 0 Å². The number of benzene rings is 1. The van der Waals surface area contributed by atoms with E-state index in [1.807, 2.05) is 0 Å². The van der Waals surface area contributed by atoms with E-state index in [4.69, 9.17) is 10.5 Å². The lowest BCUT2D eigenvalue weighted by Gasteiger charge is -2.35. The number of sulfonamides is 1. The van der Waals surface area contributed by atoms with Gasteiger partial charge in [0.2, 0.25) is 5.60 Å². The number of hydrogen-bond acceptors (Lipinski definition) is 7. The van der Waals surface area contributed by atoms with Crippen molar-refractivity contribution in [2.45, 2.75) is 43.5 Å². The van der Waals surface area contributed by atoms with Gasteiger partial charge in [0.25, 0.3) is 10.0 Å². The second-order valence-electron chi connectivity index (χ2n) is 7.93. The van der Waals surface area contributed by atoms with Gasteiger partial charge in [-0.15, -0.1) is 0 Å². The molecule has 0 spiro atoms. The maximum absolute atomic E-state index is 13.4. The largest absolute Gasteiger partial charge is 0.485 e. The maximum atomic E-state index is 13.4. The van der Waals surface area contributed by atoms with Gasteiger partial charge in [-0.3, -0.25) is 14.3 Å². The Morgan fingerprint density at radius 2 is 2.03 bits per heavy atom. The number of nitrogens with two attached hydrogens (primary N) is 1. The van der Waals surface area contributed by atoms with Crippen LogP contribution >= 0.6 is 0 Å². The van der Waals surface area contributed by atoms with E-state index < -0.39 is 34.0 Å². The molecule has 2 aromatic rings.